The van der Waals surface area contributed by atoms with E-state index in [9.17, 15) is 4.79 Å². The molecule has 0 aromatic carbocycles. The zero-order valence-corrected chi connectivity index (χ0v) is 5.61. The molecule has 0 spiro atoms. The molecule has 1 unspecified atom stereocenters. The second kappa shape index (κ2) is 2.19. The number of rotatable bonds is 0. The van der Waals surface area contributed by atoms with E-state index in [1.54, 1.807) is 12.4 Å². The van der Waals surface area contributed by atoms with Crippen LogP contribution in [0.25, 0.3) is 0 Å². The molecular weight excluding hydrogens is 144 g/mol. The molecule has 0 aromatic heterocycles. The van der Waals surface area contributed by atoms with E-state index in [2.05, 4.69) is 20.6 Å². The second-order valence-corrected chi connectivity index (χ2v) is 2.21. The topological polar surface area (TPSA) is 65.8 Å². The van der Waals surface area contributed by atoms with Crippen molar-refractivity contribution in [3.63, 3.8) is 0 Å². The smallest absolute Gasteiger partial charge is 0.314 e. The van der Waals surface area contributed by atoms with E-state index >= 15 is 0 Å². The van der Waals surface area contributed by atoms with Gasteiger partial charge in [-0.05, 0) is 0 Å². The summed E-state index contributed by atoms with van der Waals surface area (Å²) in [6.07, 6.45) is 4.43. The maximum Gasteiger partial charge on any atom is 0.320 e. The molecule has 11 heavy (non-hydrogen) atoms. The maximum absolute atomic E-state index is 10.7. The Morgan fingerprint density at radius 1 is 1.55 bits per heavy atom. The van der Waals surface area contributed by atoms with Crippen LogP contribution >= 0.6 is 0 Å². The quantitative estimate of drug-likeness (QED) is 0.485. The standard InChI is InChI=1S/C6H6N4O/c11-6-8-2-4-1-7-3-9-5(4)10-6/h1-3,5H,(H2,8,10,11). The van der Waals surface area contributed by atoms with Gasteiger partial charge in [0.1, 0.15) is 6.34 Å². The molecule has 0 saturated heterocycles. The van der Waals surface area contributed by atoms with E-state index in [0.717, 1.165) is 5.57 Å². The average molecular weight is 150 g/mol. The van der Waals surface area contributed by atoms with E-state index in [4.69, 9.17) is 0 Å². The molecule has 0 bridgehead atoms. The summed E-state index contributed by atoms with van der Waals surface area (Å²) in [5, 5.41) is 5.11. The molecule has 2 rings (SSSR count). The predicted molar refractivity (Wildman–Crippen MR) is 40.5 cm³/mol. The van der Waals surface area contributed by atoms with Crippen molar-refractivity contribution in [1.29, 1.82) is 0 Å². The molecule has 0 saturated carbocycles. The van der Waals surface area contributed by atoms with E-state index in [1.165, 1.54) is 6.34 Å². The number of fused-ring (bicyclic) bond motifs is 1. The van der Waals surface area contributed by atoms with Crippen LogP contribution in [-0.2, 0) is 0 Å². The van der Waals surface area contributed by atoms with Gasteiger partial charge < -0.3 is 10.6 Å². The first kappa shape index (κ1) is 6.09. The van der Waals surface area contributed by atoms with Crippen molar-refractivity contribution >= 4 is 18.6 Å². The first-order valence-electron chi connectivity index (χ1n) is 3.18. The molecule has 2 heterocycles. The van der Waals surface area contributed by atoms with Gasteiger partial charge in [-0.3, -0.25) is 0 Å². The van der Waals surface area contributed by atoms with Crippen molar-refractivity contribution < 1.29 is 4.79 Å². The summed E-state index contributed by atoms with van der Waals surface area (Å²) in [6.45, 7) is 0. The van der Waals surface area contributed by atoms with Crippen LogP contribution in [0.5, 0.6) is 0 Å². The fourth-order valence-electron chi connectivity index (χ4n) is 0.933. The summed E-state index contributed by atoms with van der Waals surface area (Å²) < 4.78 is 0. The van der Waals surface area contributed by atoms with Crippen LogP contribution in [0.2, 0.25) is 0 Å². The number of carbonyl (C=O) groups excluding carboxylic acids is 1. The van der Waals surface area contributed by atoms with Gasteiger partial charge in [0.2, 0.25) is 0 Å². The normalized spacial score (nSPS) is 26.7. The van der Waals surface area contributed by atoms with Crippen LogP contribution in [0.15, 0.2) is 21.8 Å². The third-order valence-electron chi connectivity index (χ3n) is 1.46. The lowest BCUT2D eigenvalue weighted by atomic mass is 10.2. The zero-order valence-electron chi connectivity index (χ0n) is 5.61. The second-order valence-electron chi connectivity index (χ2n) is 2.21. The van der Waals surface area contributed by atoms with E-state index in [0.29, 0.717) is 0 Å². The number of urea groups is 1. The molecule has 2 aliphatic heterocycles. The minimum absolute atomic E-state index is 0.230. The molecule has 2 N–H and O–H groups in total. The van der Waals surface area contributed by atoms with Crippen molar-refractivity contribution in [2.45, 2.75) is 6.17 Å². The molecular formula is C6H6N4O. The van der Waals surface area contributed by atoms with Gasteiger partial charge in [-0.15, -0.1) is 0 Å². The molecule has 1 atom stereocenters. The molecule has 5 nitrogen and oxygen atoms in total. The highest BCUT2D eigenvalue weighted by molar-refractivity contribution is 5.92. The Labute approximate surface area is 62.9 Å². The SMILES string of the molecule is O=C1NC=C2C=NC=NC2N1. The first-order valence-corrected chi connectivity index (χ1v) is 3.18. The maximum atomic E-state index is 10.7. The van der Waals surface area contributed by atoms with E-state index in [-0.39, 0.29) is 12.2 Å². The fourth-order valence-corrected chi connectivity index (χ4v) is 0.933. The number of nitrogens with zero attached hydrogens (tertiary/aromatic N) is 2. The van der Waals surface area contributed by atoms with Crippen LogP contribution in [-0.4, -0.2) is 24.8 Å². The van der Waals surface area contributed by atoms with Gasteiger partial charge in [0.15, 0.2) is 6.17 Å². The van der Waals surface area contributed by atoms with Crippen LogP contribution < -0.4 is 10.6 Å². The Morgan fingerprint density at radius 3 is 3.36 bits per heavy atom. The van der Waals surface area contributed by atoms with Crippen molar-refractivity contribution in [1.82, 2.24) is 10.6 Å². The Kier molecular flexibility index (Phi) is 1.21. The molecule has 2 amide bonds. The summed E-state index contributed by atoms with van der Waals surface area (Å²) >= 11 is 0. The van der Waals surface area contributed by atoms with Gasteiger partial charge >= 0.3 is 6.03 Å². The molecule has 0 aromatic rings. The predicted octanol–water partition coefficient (Wildman–Crippen LogP) is -0.378. The minimum Gasteiger partial charge on any atom is -0.314 e. The van der Waals surface area contributed by atoms with E-state index < -0.39 is 0 Å². The van der Waals surface area contributed by atoms with Crippen LogP contribution in [0.4, 0.5) is 4.79 Å². The molecule has 56 valence electrons. The summed E-state index contributed by atoms with van der Waals surface area (Å²) in [7, 11) is 0. The van der Waals surface area contributed by atoms with Gasteiger partial charge in [0.25, 0.3) is 0 Å². The van der Waals surface area contributed by atoms with Crippen molar-refractivity contribution in [2.24, 2.45) is 9.98 Å². The van der Waals surface area contributed by atoms with Gasteiger partial charge in [-0.1, -0.05) is 0 Å². The Balaban J connectivity index is 2.30. The number of aliphatic imine (C=N–C) groups is 2. The lowest BCUT2D eigenvalue weighted by Crippen LogP contribution is -2.45. The van der Waals surface area contributed by atoms with Gasteiger partial charge in [-0.25, -0.2) is 14.8 Å². The third-order valence-corrected chi connectivity index (χ3v) is 1.46. The number of nitrogens with one attached hydrogen (secondary N) is 2. The molecule has 2 aliphatic rings. The highest BCUT2D eigenvalue weighted by Crippen LogP contribution is 2.06. The monoisotopic (exact) mass is 150 g/mol. The summed E-state index contributed by atoms with van der Waals surface area (Å²) in [6, 6.07) is -0.230. The van der Waals surface area contributed by atoms with Gasteiger partial charge in [0, 0.05) is 18.0 Å². The molecule has 0 radical (unpaired) electrons. The average Bonchev–Trinajstić information content (AvgIpc) is 2.04. The number of amides is 2. The minimum atomic E-state index is -0.249. The number of carbonyl (C=O) groups is 1. The van der Waals surface area contributed by atoms with E-state index in [1.807, 2.05) is 0 Å². The highest BCUT2D eigenvalue weighted by atomic mass is 16.2. The van der Waals surface area contributed by atoms with Gasteiger partial charge in [0.05, 0.1) is 0 Å². The van der Waals surface area contributed by atoms with Crippen LogP contribution in [0.3, 0.4) is 0 Å². The highest BCUT2D eigenvalue weighted by Gasteiger charge is 2.19. The van der Waals surface area contributed by atoms with Crippen LogP contribution in [0.1, 0.15) is 0 Å². The fraction of sp³-hybridized carbons (Fsp3) is 0.167. The summed E-state index contributed by atoms with van der Waals surface area (Å²) in [5.41, 5.74) is 0.868. The lowest BCUT2D eigenvalue weighted by molar-refractivity contribution is 0.240. The van der Waals surface area contributed by atoms with Crippen LogP contribution in [0, 0.1) is 0 Å². The molecule has 0 fully saturated rings. The molecule has 0 aliphatic carbocycles. The van der Waals surface area contributed by atoms with Gasteiger partial charge in [-0.2, -0.15) is 0 Å². The largest absolute Gasteiger partial charge is 0.320 e. The van der Waals surface area contributed by atoms with Crippen molar-refractivity contribution in [3.05, 3.63) is 11.8 Å². The number of hydrogen-bond acceptors (Lipinski definition) is 3. The molecule has 5 heteroatoms. The summed E-state index contributed by atoms with van der Waals surface area (Å²) in [5.74, 6) is 0. The Hall–Kier alpha value is -1.65. The van der Waals surface area contributed by atoms with Crippen molar-refractivity contribution in [2.75, 3.05) is 0 Å². The summed E-state index contributed by atoms with van der Waals surface area (Å²) in [4.78, 5) is 18.5. The number of hydrogen-bond donors (Lipinski definition) is 2. The van der Waals surface area contributed by atoms with Crippen molar-refractivity contribution in [3.8, 4) is 0 Å². The first-order chi connectivity index (χ1) is 5.36. The zero-order chi connectivity index (χ0) is 7.68. The third kappa shape index (κ3) is 1.000. The Bertz CT molecular complexity index is 278. The Morgan fingerprint density at radius 2 is 2.45 bits per heavy atom. The lowest BCUT2D eigenvalue weighted by Gasteiger charge is -2.21.